The maximum atomic E-state index is 4.19. The third-order valence-electron chi connectivity index (χ3n) is 2.63. The lowest BCUT2D eigenvalue weighted by molar-refractivity contribution is 0.857. The summed E-state index contributed by atoms with van der Waals surface area (Å²) in [5.41, 5.74) is 2.25. The summed E-state index contributed by atoms with van der Waals surface area (Å²) in [7, 11) is 3.59. The van der Waals surface area contributed by atoms with Crippen LogP contribution in [-0.2, 0) is 6.54 Å². The molecule has 0 radical (unpaired) electrons. The Morgan fingerprint density at radius 3 is 2.67 bits per heavy atom. The van der Waals surface area contributed by atoms with Crippen molar-refractivity contribution in [1.29, 1.82) is 0 Å². The number of nitrogens with zero attached hydrogens (tertiary/aromatic N) is 3. The van der Waals surface area contributed by atoms with Gasteiger partial charge >= 0.3 is 0 Å². The second kappa shape index (κ2) is 5.86. The Morgan fingerprint density at radius 1 is 1.33 bits per heavy atom. The molecule has 1 aromatic carbocycles. The van der Waals surface area contributed by atoms with Crippen molar-refractivity contribution in [2.75, 3.05) is 14.1 Å². The van der Waals surface area contributed by atoms with E-state index in [4.69, 9.17) is 0 Å². The van der Waals surface area contributed by atoms with Gasteiger partial charge in [-0.1, -0.05) is 12.1 Å². The number of hydrogen-bond acceptors (Lipinski definition) is 2. The quantitative estimate of drug-likeness (QED) is 0.628. The fraction of sp³-hybridized carbons (Fsp3) is 0.231. The Balaban J connectivity index is 2.00. The van der Waals surface area contributed by atoms with Crippen molar-refractivity contribution in [3.8, 4) is 5.69 Å². The number of benzene rings is 1. The first kappa shape index (κ1) is 12.2. The molecule has 2 N–H and O–H groups in total. The minimum atomic E-state index is 0.743. The molecule has 0 atom stereocenters. The predicted octanol–water partition coefficient (Wildman–Crippen LogP) is 1.17. The second-order valence-corrected chi connectivity index (χ2v) is 3.79. The van der Waals surface area contributed by atoms with Crippen molar-refractivity contribution in [2.24, 2.45) is 4.99 Å². The molecule has 0 saturated carbocycles. The summed E-state index contributed by atoms with van der Waals surface area (Å²) in [4.78, 5) is 4.06. The molecular weight excluding hydrogens is 226 g/mol. The van der Waals surface area contributed by atoms with Gasteiger partial charge in [0.05, 0.1) is 5.69 Å². The van der Waals surface area contributed by atoms with Crippen LogP contribution in [0.15, 0.2) is 47.7 Å². The minimum absolute atomic E-state index is 0.743. The van der Waals surface area contributed by atoms with E-state index in [2.05, 4.69) is 32.9 Å². The number of guanidine groups is 1. The highest BCUT2D eigenvalue weighted by molar-refractivity contribution is 5.79. The molecule has 0 aliphatic rings. The van der Waals surface area contributed by atoms with Crippen molar-refractivity contribution in [3.63, 3.8) is 0 Å². The molecule has 0 saturated heterocycles. The monoisotopic (exact) mass is 243 g/mol. The molecule has 1 aromatic heterocycles. The van der Waals surface area contributed by atoms with Gasteiger partial charge in [0, 0.05) is 33.0 Å². The molecule has 1 heterocycles. The van der Waals surface area contributed by atoms with Gasteiger partial charge in [-0.25, -0.2) is 4.68 Å². The van der Waals surface area contributed by atoms with E-state index in [1.54, 1.807) is 13.2 Å². The molecule has 0 spiro atoms. The molecular formula is C13H17N5. The van der Waals surface area contributed by atoms with E-state index in [9.17, 15) is 0 Å². The maximum absolute atomic E-state index is 4.19. The van der Waals surface area contributed by atoms with E-state index in [0.717, 1.165) is 18.2 Å². The molecule has 0 aliphatic carbocycles. The first-order valence-electron chi connectivity index (χ1n) is 5.81. The molecule has 5 heteroatoms. The summed E-state index contributed by atoms with van der Waals surface area (Å²) in [5.74, 6) is 0.783. The highest BCUT2D eigenvalue weighted by atomic mass is 15.3. The van der Waals surface area contributed by atoms with Crippen LogP contribution in [0.1, 0.15) is 5.56 Å². The van der Waals surface area contributed by atoms with Gasteiger partial charge in [0.15, 0.2) is 5.96 Å². The van der Waals surface area contributed by atoms with E-state index in [0.29, 0.717) is 0 Å². The second-order valence-electron chi connectivity index (χ2n) is 3.79. The minimum Gasteiger partial charge on any atom is -0.359 e. The number of rotatable bonds is 3. The summed E-state index contributed by atoms with van der Waals surface area (Å²) in [5, 5.41) is 10.4. The van der Waals surface area contributed by atoms with Crippen molar-refractivity contribution in [3.05, 3.63) is 48.3 Å². The molecule has 0 unspecified atom stereocenters. The first-order valence-corrected chi connectivity index (χ1v) is 5.81. The average molecular weight is 243 g/mol. The number of aliphatic imine (C=N–C) groups is 1. The molecule has 0 fully saturated rings. The summed E-state index contributed by atoms with van der Waals surface area (Å²) < 4.78 is 1.84. The van der Waals surface area contributed by atoms with Gasteiger partial charge in [0.25, 0.3) is 0 Å². The third kappa shape index (κ3) is 2.88. The zero-order valence-electron chi connectivity index (χ0n) is 10.6. The average Bonchev–Trinajstić information content (AvgIpc) is 2.94. The van der Waals surface area contributed by atoms with E-state index in [1.807, 2.05) is 36.1 Å². The number of aromatic nitrogens is 2. The fourth-order valence-corrected chi connectivity index (χ4v) is 1.65. The number of nitrogens with one attached hydrogen (secondary N) is 2. The lowest BCUT2D eigenvalue weighted by Gasteiger charge is -2.09. The molecule has 2 aromatic rings. The zero-order chi connectivity index (χ0) is 12.8. The Morgan fingerprint density at radius 2 is 2.11 bits per heavy atom. The van der Waals surface area contributed by atoms with Gasteiger partial charge in [-0.05, 0) is 23.8 Å². The van der Waals surface area contributed by atoms with Crippen molar-refractivity contribution >= 4 is 5.96 Å². The first-order chi connectivity index (χ1) is 8.83. The van der Waals surface area contributed by atoms with E-state index >= 15 is 0 Å². The topological polar surface area (TPSA) is 54.2 Å². The predicted molar refractivity (Wildman–Crippen MR) is 72.8 cm³/mol. The van der Waals surface area contributed by atoms with Crippen LogP contribution in [0.25, 0.3) is 5.69 Å². The van der Waals surface area contributed by atoms with Crippen LogP contribution < -0.4 is 10.6 Å². The highest BCUT2D eigenvalue weighted by Gasteiger charge is 1.98. The van der Waals surface area contributed by atoms with Crippen LogP contribution in [0, 0.1) is 0 Å². The summed E-state index contributed by atoms with van der Waals surface area (Å²) in [6.07, 6.45) is 3.70. The molecule has 94 valence electrons. The zero-order valence-corrected chi connectivity index (χ0v) is 10.6. The summed E-state index contributed by atoms with van der Waals surface area (Å²) >= 11 is 0. The normalized spacial score (nSPS) is 11.3. The van der Waals surface area contributed by atoms with Crippen LogP contribution in [0.5, 0.6) is 0 Å². The van der Waals surface area contributed by atoms with Gasteiger partial charge in [-0.3, -0.25) is 4.99 Å². The van der Waals surface area contributed by atoms with Gasteiger partial charge < -0.3 is 10.6 Å². The lowest BCUT2D eigenvalue weighted by Crippen LogP contribution is -2.34. The molecule has 18 heavy (non-hydrogen) atoms. The molecule has 0 aliphatic heterocycles. The van der Waals surface area contributed by atoms with Gasteiger partial charge in [-0.2, -0.15) is 5.10 Å². The van der Waals surface area contributed by atoms with Gasteiger partial charge in [-0.15, -0.1) is 0 Å². The Labute approximate surface area is 107 Å². The van der Waals surface area contributed by atoms with E-state index in [-0.39, 0.29) is 0 Å². The molecule has 5 nitrogen and oxygen atoms in total. The molecule has 2 rings (SSSR count). The Kier molecular flexibility index (Phi) is 3.96. The molecule has 0 amide bonds. The summed E-state index contributed by atoms with van der Waals surface area (Å²) in [6, 6.07) is 10.2. The van der Waals surface area contributed by atoms with Gasteiger partial charge in [0.1, 0.15) is 0 Å². The van der Waals surface area contributed by atoms with Crippen molar-refractivity contribution in [1.82, 2.24) is 20.4 Å². The highest BCUT2D eigenvalue weighted by Crippen LogP contribution is 2.08. The Hall–Kier alpha value is -2.30. The Bertz CT molecular complexity index is 499. The van der Waals surface area contributed by atoms with Crippen LogP contribution in [0.4, 0.5) is 0 Å². The largest absolute Gasteiger partial charge is 0.359 e. The third-order valence-corrected chi connectivity index (χ3v) is 2.63. The summed E-state index contributed by atoms with van der Waals surface area (Å²) in [6.45, 7) is 0.743. The van der Waals surface area contributed by atoms with Gasteiger partial charge in [0.2, 0.25) is 0 Å². The number of hydrogen-bond donors (Lipinski definition) is 2. The lowest BCUT2D eigenvalue weighted by atomic mass is 10.2. The molecule has 0 bridgehead atoms. The van der Waals surface area contributed by atoms with Crippen LogP contribution in [0.2, 0.25) is 0 Å². The SMILES string of the molecule is CN=C(NC)NCc1ccc(-n2cccn2)cc1. The van der Waals surface area contributed by atoms with E-state index in [1.165, 1.54) is 5.56 Å². The van der Waals surface area contributed by atoms with Crippen molar-refractivity contribution < 1.29 is 0 Å². The smallest absolute Gasteiger partial charge is 0.190 e. The van der Waals surface area contributed by atoms with Crippen LogP contribution in [0.3, 0.4) is 0 Å². The standard InChI is InChI=1S/C13H17N5/c1-14-13(15-2)16-10-11-4-6-12(7-5-11)18-9-3-8-17-18/h3-9H,10H2,1-2H3,(H2,14,15,16). The van der Waals surface area contributed by atoms with Crippen molar-refractivity contribution in [2.45, 2.75) is 6.54 Å². The van der Waals surface area contributed by atoms with Crippen LogP contribution >= 0.6 is 0 Å². The van der Waals surface area contributed by atoms with E-state index < -0.39 is 0 Å². The fourth-order valence-electron chi connectivity index (χ4n) is 1.65. The van der Waals surface area contributed by atoms with Crippen LogP contribution in [-0.4, -0.2) is 29.8 Å². The maximum Gasteiger partial charge on any atom is 0.190 e.